The molecule has 1 saturated heterocycles. The number of carboxylic acids is 1. The summed E-state index contributed by atoms with van der Waals surface area (Å²) in [5, 5.41) is 9.63. The summed E-state index contributed by atoms with van der Waals surface area (Å²) >= 11 is 0. The summed E-state index contributed by atoms with van der Waals surface area (Å²) in [7, 11) is 2.98. The number of nitrogens with zero attached hydrogens (tertiary/aromatic N) is 1. The molecule has 6 nitrogen and oxygen atoms in total. The first-order valence-corrected chi connectivity index (χ1v) is 8.34. The van der Waals surface area contributed by atoms with Gasteiger partial charge in [-0.2, -0.15) is 0 Å². The third-order valence-electron chi connectivity index (χ3n) is 4.79. The predicted molar refractivity (Wildman–Crippen MR) is 95.8 cm³/mol. The molecule has 2 aromatic rings. The van der Waals surface area contributed by atoms with Gasteiger partial charge in [-0.1, -0.05) is 36.4 Å². The summed E-state index contributed by atoms with van der Waals surface area (Å²) in [5.41, 5.74) is 1.23. The van der Waals surface area contributed by atoms with Gasteiger partial charge in [0.2, 0.25) is 0 Å². The van der Waals surface area contributed by atoms with Gasteiger partial charge in [-0.15, -0.1) is 0 Å². The molecule has 0 bridgehead atoms. The minimum atomic E-state index is -0.902. The molecule has 1 fully saturated rings. The van der Waals surface area contributed by atoms with Gasteiger partial charge in [-0.05, 0) is 17.7 Å². The fraction of sp³-hybridized carbons (Fsp3) is 0.300. The average Bonchev–Trinajstić information content (AvgIpc) is 3.13. The fourth-order valence-electron chi connectivity index (χ4n) is 3.48. The molecule has 1 N–H and O–H groups in total. The summed E-state index contributed by atoms with van der Waals surface area (Å²) in [6.45, 7) is 0.482. The van der Waals surface area contributed by atoms with Crippen LogP contribution in [0.25, 0.3) is 0 Å². The molecule has 2 unspecified atom stereocenters. The van der Waals surface area contributed by atoms with Crippen LogP contribution in [0.15, 0.2) is 48.5 Å². The number of likely N-dealkylation sites (tertiary alicyclic amines) is 1. The van der Waals surface area contributed by atoms with Crippen LogP contribution in [-0.4, -0.2) is 49.2 Å². The number of amides is 1. The molecule has 3 rings (SSSR count). The van der Waals surface area contributed by atoms with Crippen molar-refractivity contribution < 1.29 is 24.2 Å². The molecule has 0 aliphatic carbocycles. The lowest BCUT2D eigenvalue weighted by molar-refractivity contribution is -0.141. The number of ether oxygens (including phenoxy) is 2. The highest BCUT2D eigenvalue weighted by Crippen LogP contribution is 2.36. The van der Waals surface area contributed by atoms with E-state index in [4.69, 9.17) is 9.47 Å². The van der Waals surface area contributed by atoms with Gasteiger partial charge in [0.15, 0.2) is 0 Å². The first-order chi connectivity index (χ1) is 12.6. The van der Waals surface area contributed by atoms with Crippen LogP contribution in [-0.2, 0) is 4.79 Å². The SMILES string of the molecule is COc1cccc(OC)c1C(=O)N1CC(C(=O)O)C(c2ccccc2)C1. The maximum atomic E-state index is 13.1. The molecule has 6 heteroatoms. The van der Waals surface area contributed by atoms with Gasteiger partial charge < -0.3 is 19.5 Å². The van der Waals surface area contributed by atoms with Gasteiger partial charge >= 0.3 is 5.97 Å². The molecule has 0 spiro atoms. The first-order valence-electron chi connectivity index (χ1n) is 8.34. The van der Waals surface area contributed by atoms with Gasteiger partial charge in [0.25, 0.3) is 5.91 Å². The van der Waals surface area contributed by atoms with Crippen molar-refractivity contribution in [2.24, 2.45) is 5.92 Å². The highest BCUT2D eigenvalue weighted by Gasteiger charge is 2.41. The van der Waals surface area contributed by atoms with E-state index < -0.39 is 11.9 Å². The third-order valence-corrected chi connectivity index (χ3v) is 4.79. The topological polar surface area (TPSA) is 76.1 Å². The first kappa shape index (κ1) is 17.8. The van der Waals surface area contributed by atoms with Crippen LogP contribution in [0.3, 0.4) is 0 Å². The van der Waals surface area contributed by atoms with Crippen molar-refractivity contribution in [1.82, 2.24) is 4.90 Å². The molecule has 1 aliphatic heterocycles. The van der Waals surface area contributed by atoms with E-state index in [0.717, 1.165) is 5.56 Å². The Morgan fingerprint density at radius 1 is 0.962 bits per heavy atom. The van der Waals surface area contributed by atoms with Crippen LogP contribution < -0.4 is 9.47 Å². The van der Waals surface area contributed by atoms with Gasteiger partial charge in [0.05, 0.1) is 20.1 Å². The van der Waals surface area contributed by atoms with Crippen LogP contribution in [0.2, 0.25) is 0 Å². The molecular weight excluding hydrogens is 334 g/mol. The lowest BCUT2D eigenvalue weighted by Gasteiger charge is -2.20. The summed E-state index contributed by atoms with van der Waals surface area (Å²) in [6, 6.07) is 14.6. The number of carbonyl (C=O) groups is 2. The molecular formula is C20H21NO5. The molecule has 0 aromatic heterocycles. The third kappa shape index (κ3) is 3.22. The molecule has 136 valence electrons. The number of carboxylic acid groups (broad SMARTS) is 1. The maximum Gasteiger partial charge on any atom is 0.308 e. The van der Waals surface area contributed by atoms with Crippen LogP contribution >= 0.6 is 0 Å². The van der Waals surface area contributed by atoms with Crippen LogP contribution in [0.5, 0.6) is 11.5 Å². The lowest BCUT2D eigenvalue weighted by atomic mass is 9.89. The van der Waals surface area contributed by atoms with Crippen LogP contribution in [0.4, 0.5) is 0 Å². The summed E-state index contributed by atoms with van der Waals surface area (Å²) in [6.07, 6.45) is 0. The van der Waals surface area contributed by atoms with E-state index in [9.17, 15) is 14.7 Å². The monoisotopic (exact) mass is 355 g/mol. The highest BCUT2D eigenvalue weighted by atomic mass is 16.5. The quantitative estimate of drug-likeness (QED) is 0.892. The number of aliphatic carboxylic acids is 1. The number of benzene rings is 2. The Morgan fingerprint density at radius 3 is 2.12 bits per heavy atom. The Kier molecular flexibility index (Phi) is 5.11. The van der Waals surface area contributed by atoms with E-state index in [-0.39, 0.29) is 18.4 Å². The molecule has 2 atom stereocenters. The van der Waals surface area contributed by atoms with Crippen molar-refractivity contribution in [1.29, 1.82) is 0 Å². The van der Waals surface area contributed by atoms with Crippen LogP contribution in [0.1, 0.15) is 21.8 Å². The molecule has 0 saturated carbocycles. The molecule has 26 heavy (non-hydrogen) atoms. The van der Waals surface area contributed by atoms with Gasteiger partial charge in [0.1, 0.15) is 17.1 Å². The van der Waals surface area contributed by atoms with Gasteiger partial charge in [-0.3, -0.25) is 9.59 Å². The summed E-state index contributed by atoms with van der Waals surface area (Å²) in [5.74, 6) is -1.28. The minimum Gasteiger partial charge on any atom is -0.496 e. The second-order valence-corrected chi connectivity index (χ2v) is 6.21. The molecule has 1 amide bonds. The smallest absolute Gasteiger partial charge is 0.308 e. The Hall–Kier alpha value is -3.02. The Morgan fingerprint density at radius 2 is 1.58 bits per heavy atom. The zero-order valence-corrected chi connectivity index (χ0v) is 14.7. The highest BCUT2D eigenvalue weighted by molar-refractivity contribution is 6.00. The van der Waals surface area contributed by atoms with E-state index in [0.29, 0.717) is 23.6 Å². The molecule has 1 heterocycles. The molecule has 2 aromatic carbocycles. The molecule has 0 radical (unpaired) electrons. The number of hydrogen-bond acceptors (Lipinski definition) is 4. The number of carbonyl (C=O) groups excluding carboxylic acids is 1. The number of rotatable bonds is 5. The van der Waals surface area contributed by atoms with E-state index >= 15 is 0 Å². The van der Waals surface area contributed by atoms with Crippen molar-refractivity contribution in [2.45, 2.75) is 5.92 Å². The van der Waals surface area contributed by atoms with Crippen molar-refractivity contribution >= 4 is 11.9 Å². The fourth-order valence-corrected chi connectivity index (χ4v) is 3.48. The Balaban J connectivity index is 1.94. The van der Waals surface area contributed by atoms with E-state index in [1.807, 2.05) is 30.3 Å². The van der Waals surface area contributed by atoms with Crippen molar-refractivity contribution in [2.75, 3.05) is 27.3 Å². The summed E-state index contributed by atoms with van der Waals surface area (Å²) < 4.78 is 10.6. The normalized spacial score (nSPS) is 19.2. The van der Waals surface area contributed by atoms with E-state index in [2.05, 4.69) is 0 Å². The zero-order valence-electron chi connectivity index (χ0n) is 14.7. The van der Waals surface area contributed by atoms with E-state index in [1.165, 1.54) is 14.2 Å². The Bertz CT molecular complexity index is 783. The van der Waals surface area contributed by atoms with Crippen molar-refractivity contribution in [3.05, 3.63) is 59.7 Å². The maximum absolute atomic E-state index is 13.1. The number of hydrogen-bond donors (Lipinski definition) is 1. The largest absolute Gasteiger partial charge is 0.496 e. The van der Waals surface area contributed by atoms with Gasteiger partial charge in [0, 0.05) is 19.0 Å². The summed E-state index contributed by atoms with van der Waals surface area (Å²) in [4.78, 5) is 26.4. The van der Waals surface area contributed by atoms with E-state index in [1.54, 1.807) is 23.1 Å². The second kappa shape index (κ2) is 7.47. The Labute approximate surface area is 152 Å². The van der Waals surface area contributed by atoms with Crippen molar-refractivity contribution in [3.63, 3.8) is 0 Å². The second-order valence-electron chi connectivity index (χ2n) is 6.21. The standard InChI is InChI=1S/C20H21NO5/c1-25-16-9-6-10-17(26-2)18(16)19(22)21-11-14(15(12-21)20(23)24)13-7-4-3-5-8-13/h3-10,14-15H,11-12H2,1-2H3,(H,23,24). The predicted octanol–water partition coefficient (Wildman–Crippen LogP) is 2.64. The zero-order chi connectivity index (χ0) is 18.7. The minimum absolute atomic E-state index is 0.148. The number of methoxy groups -OCH3 is 2. The van der Waals surface area contributed by atoms with Gasteiger partial charge in [-0.25, -0.2) is 0 Å². The van der Waals surface area contributed by atoms with Crippen LogP contribution in [0, 0.1) is 5.92 Å². The lowest BCUT2D eigenvalue weighted by Crippen LogP contribution is -2.30. The van der Waals surface area contributed by atoms with Crippen molar-refractivity contribution in [3.8, 4) is 11.5 Å². The average molecular weight is 355 g/mol. The molecule has 1 aliphatic rings.